The van der Waals surface area contributed by atoms with Gasteiger partial charge in [0.1, 0.15) is 11.6 Å². The molecule has 4 aromatic rings. The Morgan fingerprint density at radius 1 is 0.977 bits per heavy atom. The van der Waals surface area contributed by atoms with Crippen molar-refractivity contribution >= 4 is 11.8 Å². The molecule has 0 saturated carbocycles. The van der Waals surface area contributed by atoms with Crippen molar-refractivity contribution in [3.63, 3.8) is 0 Å². The van der Waals surface area contributed by atoms with Gasteiger partial charge in [0.25, 0.3) is 5.91 Å². The van der Waals surface area contributed by atoms with Crippen LogP contribution < -0.4 is 10.1 Å². The topological polar surface area (TPSA) is 129 Å². The van der Waals surface area contributed by atoms with E-state index in [1.54, 1.807) is 42.5 Å². The molecule has 1 heterocycles. The maximum absolute atomic E-state index is 14.5. The molecule has 0 aromatic heterocycles. The number of hydrogen-bond donors (Lipinski definition) is 2. The number of azide groups is 1. The summed E-state index contributed by atoms with van der Waals surface area (Å²) in [6, 6.07) is 30.3. The van der Waals surface area contributed by atoms with E-state index in [1.165, 1.54) is 6.07 Å². The third-order valence-electron chi connectivity index (χ3n) is 7.41. The van der Waals surface area contributed by atoms with E-state index < -0.39 is 23.4 Å². The zero-order valence-corrected chi connectivity index (χ0v) is 24.0. The van der Waals surface area contributed by atoms with Gasteiger partial charge in [0, 0.05) is 42.0 Å². The lowest BCUT2D eigenvalue weighted by atomic mass is 9.81. The third kappa shape index (κ3) is 6.89. The Balaban J connectivity index is 1.58. The number of aliphatic hydroxyl groups is 1. The van der Waals surface area contributed by atoms with Crippen molar-refractivity contribution in [2.24, 2.45) is 10.1 Å². The van der Waals surface area contributed by atoms with Gasteiger partial charge in [-0.25, -0.2) is 9.38 Å². The van der Waals surface area contributed by atoms with Crippen LogP contribution in [-0.2, 0) is 29.0 Å². The number of aliphatic hydroxyl groups excluding tert-OH is 1. The molecular weight excluding hydrogens is 561 g/mol. The zero-order chi connectivity index (χ0) is 30.8. The second kappa shape index (κ2) is 14.3. The van der Waals surface area contributed by atoms with Crippen LogP contribution in [0, 0.1) is 5.82 Å². The van der Waals surface area contributed by atoms with Gasteiger partial charge >= 0.3 is 0 Å². The van der Waals surface area contributed by atoms with Gasteiger partial charge in [0.15, 0.2) is 11.6 Å². The molecular formula is C34H32FN5O4. The van der Waals surface area contributed by atoms with Crippen molar-refractivity contribution in [3.8, 4) is 5.75 Å². The second-order valence-electron chi connectivity index (χ2n) is 10.3. The first kappa shape index (κ1) is 30.3. The summed E-state index contributed by atoms with van der Waals surface area (Å²) in [4.78, 5) is 22.3. The van der Waals surface area contributed by atoms with Crippen molar-refractivity contribution in [1.82, 2.24) is 5.32 Å². The molecule has 2 atom stereocenters. The number of benzene rings is 4. The van der Waals surface area contributed by atoms with E-state index in [0.717, 1.165) is 16.7 Å². The molecule has 0 aliphatic carbocycles. The lowest BCUT2D eigenvalue weighted by Crippen LogP contribution is -2.50. The molecule has 0 radical (unpaired) electrons. The van der Waals surface area contributed by atoms with Crippen molar-refractivity contribution in [2.45, 2.75) is 37.6 Å². The summed E-state index contributed by atoms with van der Waals surface area (Å²) >= 11 is 0. The average molecular weight is 594 g/mol. The third-order valence-corrected chi connectivity index (χ3v) is 7.41. The minimum Gasteiger partial charge on any atom is -0.494 e. The van der Waals surface area contributed by atoms with Gasteiger partial charge in [-0.3, -0.25) is 4.79 Å². The maximum atomic E-state index is 14.5. The summed E-state index contributed by atoms with van der Waals surface area (Å²) < 4.78 is 26.7. The van der Waals surface area contributed by atoms with E-state index in [1.807, 2.05) is 54.6 Å². The number of rotatable bonds is 13. The molecule has 1 aliphatic rings. The van der Waals surface area contributed by atoms with Gasteiger partial charge in [-0.2, -0.15) is 0 Å². The summed E-state index contributed by atoms with van der Waals surface area (Å²) in [6.07, 6.45) is -0.187. The summed E-state index contributed by atoms with van der Waals surface area (Å²) in [6.45, 7) is 0.477. The number of hydrogen-bond acceptors (Lipinski definition) is 6. The van der Waals surface area contributed by atoms with Crippen LogP contribution >= 0.6 is 0 Å². The van der Waals surface area contributed by atoms with Crippen molar-refractivity contribution in [3.05, 3.63) is 147 Å². The fraction of sp³-hybridized carbons (Fsp3) is 0.235. The van der Waals surface area contributed by atoms with Crippen LogP contribution in [-0.4, -0.2) is 35.7 Å². The lowest BCUT2D eigenvalue weighted by molar-refractivity contribution is -0.129. The van der Waals surface area contributed by atoms with Crippen LogP contribution in [0.25, 0.3) is 10.4 Å². The van der Waals surface area contributed by atoms with E-state index in [-0.39, 0.29) is 32.0 Å². The van der Waals surface area contributed by atoms with E-state index in [4.69, 9.17) is 25.1 Å². The highest BCUT2D eigenvalue weighted by Crippen LogP contribution is 2.43. The number of carbonyl (C=O) groups is 1. The zero-order valence-electron chi connectivity index (χ0n) is 24.0. The first-order valence-electron chi connectivity index (χ1n) is 14.3. The number of nitrogens with one attached hydrogen (secondary N) is 1. The Kier molecular flexibility index (Phi) is 9.86. The van der Waals surface area contributed by atoms with Gasteiger partial charge in [-0.05, 0) is 52.6 Å². The van der Waals surface area contributed by atoms with Gasteiger partial charge < -0.3 is 19.9 Å². The van der Waals surface area contributed by atoms with Crippen molar-refractivity contribution in [1.29, 1.82) is 0 Å². The molecule has 9 nitrogen and oxygen atoms in total. The highest BCUT2D eigenvalue weighted by atomic mass is 19.1. The van der Waals surface area contributed by atoms with Crippen LogP contribution in [0.1, 0.15) is 40.3 Å². The summed E-state index contributed by atoms with van der Waals surface area (Å²) in [5.41, 5.74) is 10.7. The second-order valence-corrected chi connectivity index (χ2v) is 10.3. The predicted molar refractivity (Wildman–Crippen MR) is 164 cm³/mol. The molecule has 4 aromatic carbocycles. The molecule has 0 spiro atoms. The summed E-state index contributed by atoms with van der Waals surface area (Å²) in [5.74, 6) is 0.0390. The minimum absolute atomic E-state index is 0.0383. The largest absolute Gasteiger partial charge is 0.494 e. The first-order valence-corrected chi connectivity index (χ1v) is 14.3. The molecule has 0 bridgehead atoms. The molecule has 0 saturated heterocycles. The highest BCUT2D eigenvalue weighted by molar-refractivity contribution is 6.01. The molecule has 44 heavy (non-hydrogen) atoms. The smallest absolute Gasteiger partial charge is 0.252 e. The Hall–Kier alpha value is -5.18. The van der Waals surface area contributed by atoms with Gasteiger partial charge in [-0.15, -0.1) is 0 Å². The maximum Gasteiger partial charge on any atom is 0.252 e. The Labute approximate surface area is 254 Å². The summed E-state index contributed by atoms with van der Waals surface area (Å²) in [7, 11) is 0. The Morgan fingerprint density at radius 2 is 1.66 bits per heavy atom. The van der Waals surface area contributed by atoms with E-state index >= 15 is 0 Å². The van der Waals surface area contributed by atoms with Gasteiger partial charge in [0.2, 0.25) is 5.90 Å². The van der Waals surface area contributed by atoms with Crippen LogP contribution in [0.4, 0.5) is 4.39 Å². The Bertz CT molecular complexity index is 1660. The molecule has 0 fully saturated rings. The fourth-order valence-corrected chi connectivity index (χ4v) is 5.16. The number of ether oxygens (including phenoxy) is 2. The SMILES string of the molecule is [N-]=[N+]=NCc1ccccc1C[C@@]1(C(=O)NCc2ccccc2F)N=C(c2ccc(OCCCO)cc2)O[C@@H]1c1ccccc1. The van der Waals surface area contributed by atoms with Crippen molar-refractivity contribution in [2.75, 3.05) is 13.2 Å². The van der Waals surface area contributed by atoms with Crippen LogP contribution in [0.15, 0.2) is 113 Å². The van der Waals surface area contributed by atoms with E-state index in [2.05, 4.69) is 15.3 Å². The molecule has 10 heteroatoms. The fourth-order valence-electron chi connectivity index (χ4n) is 5.16. The predicted octanol–water partition coefficient (Wildman–Crippen LogP) is 6.21. The number of aliphatic imine (C=N–C) groups is 1. The van der Waals surface area contributed by atoms with Crippen molar-refractivity contribution < 1.29 is 23.8 Å². The molecule has 0 unspecified atom stereocenters. The van der Waals surface area contributed by atoms with Crippen LogP contribution in [0.5, 0.6) is 5.75 Å². The lowest BCUT2D eigenvalue weighted by Gasteiger charge is -2.31. The molecule has 5 rings (SSSR count). The number of nitrogens with zero attached hydrogens (tertiary/aromatic N) is 4. The molecule has 2 N–H and O–H groups in total. The number of halogens is 1. The monoisotopic (exact) mass is 593 g/mol. The van der Waals surface area contributed by atoms with Gasteiger partial charge in [0.05, 0.1) is 13.2 Å². The summed E-state index contributed by atoms with van der Waals surface area (Å²) in [5, 5.41) is 15.7. The highest BCUT2D eigenvalue weighted by Gasteiger charge is 2.53. The molecule has 1 amide bonds. The standard InChI is InChI=1S/C34H32FN5O4/c35-30-14-7-6-13-28(30)22-37-33(42)34(21-26-11-4-5-12-27(26)23-38-40-36)31(24-9-2-1-3-10-24)44-32(39-34)25-15-17-29(18-16-25)43-20-8-19-41/h1-7,9-18,31,41H,8,19-23H2,(H,37,42)/t31-,34-/m1/s1. The minimum atomic E-state index is -1.50. The van der Waals surface area contributed by atoms with Crippen LogP contribution in [0.2, 0.25) is 0 Å². The quantitative estimate of drug-likeness (QED) is 0.0826. The average Bonchev–Trinajstić information content (AvgIpc) is 3.45. The van der Waals surface area contributed by atoms with Gasteiger partial charge in [-0.1, -0.05) is 77.9 Å². The molecule has 1 aliphatic heterocycles. The van der Waals surface area contributed by atoms with E-state index in [9.17, 15) is 9.18 Å². The number of amides is 1. The number of carbonyl (C=O) groups excluding carboxylic acids is 1. The Morgan fingerprint density at radius 3 is 2.36 bits per heavy atom. The first-order chi connectivity index (χ1) is 21.5. The normalized spacial score (nSPS) is 17.2. The van der Waals surface area contributed by atoms with E-state index in [0.29, 0.717) is 29.9 Å². The molecule has 224 valence electrons. The van der Waals surface area contributed by atoms with Crippen LogP contribution in [0.3, 0.4) is 0 Å².